The Balaban J connectivity index is 2.50. The Bertz CT molecular complexity index is 217. The molecule has 0 radical (unpaired) electrons. The molecule has 1 aliphatic rings. The van der Waals surface area contributed by atoms with Gasteiger partial charge >= 0.3 is 0 Å². The topological polar surface area (TPSA) is 56.4 Å². The molecule has 4 heteroatoms. The summed E-state index contributed by atoms with van der Waals surface area (Å²) in [7, 11) is 2.17. The maximum Gasteiger partial charge on any atom is 0.0921 e. The SMILES string of the molecule is CCC(CC(=N)N)N1CCN(C)C(C)C1. The number of nitrogens with two attached hydrogens (primary N) is 1. The van der Waals surface area contributed by atoms with Gasteiger partial charge in [0.2, 0.25) is 0 Å². The molecule has 0 aromatic rings. The molecule has 2 atom stereocenters. The Morgan fingerprint density at radius 1 is 1.53 bits per heavy atom. The van der Waals surface area contributed by atoms with Crippen molar-refractivity contribution in [2.24, 2.45) is 5.73 Å². The van der Waals surface area contributed by atoms with Crippen LogP contribution < -0.4 is 5.73 Å². The van der Waals surface area contributed by atoms with Gasteiger partial charge in [0, 0.05) is 38.1 Å². The lowest BCUT2D eigenvalue weighted by atomic mass is 10.1. The van der Waals surface area contributed by atoms with Crippen molar-refractivity contribution in [3.05, 3.63) is 0 Å². The monoisotopic (exact) mass is 212 g/mol. The smallest absolute Gasteiger partial charge is 0.0921 e. The van der Waals surface area contributed by atoms with E-state index < -0.39 is 0 Å². The molecule has 4 nitrogen and oxygen atoms in total. The van der Waals surface area contributed by atoms with Crippen molar-refractivity contribution in [3.63, 3.8) is 0 Å². The Morgan fingerprint density at radius 3 is 2.67 bits per heavy atom. The first kappa shape index (κ1) is 12.5. The number of nitrogens with one attached hydrogen (secondary N) is 1. The van der Waals surface area contributed by atoms with Crippen molar-refractivity contribution >= 4 is 5.84 Å². The van der Waals surface area contributed by atoms with Crippen LogP contribution in [0.1, 0.15) is 26.7 Å². The predicted octanol–water partition coefficient (Wildman–Crippen LogP) is 0.727. The van der Waals surface area contributed by atoms with Crippen LogP contribution in [-0.2, 0) is 0 Å². The third-order valence-electron chi connectivity index (χ3n) is 3.43. The van der Waals surface area contributed by atoms with Crippen LogP contribution in [0.15, 0.2) is 0 Å². The van der Waals surface area contributed by atoms with Crippen LogP contribution in [-0.4, -0.2) is 54.4 Å². The van der Waals surface area contributed by atoms with E-state index in [4.69, 9.17) is 11.1 Å². The van der Waals surface area contributed by atoms with Gasteiger partial charge in [-0.05, 0) is 20.4 Å². The van der Waals surface area contributed by atoms with E-state index in [0.29, 0.717) is 24.3 Å². The standard InChI is InChI=1S/C11H24N4/c1-4-10(7-11(12)13)15-6-5-14(3)9(2)8-15/h9-10H,4-8H2,1-3H3,(H3,12,13). The molecular weight excluding hydrogens is 188 g/mol. The number of nitrogens with zero attached hydrogens (tertiary/aromatic N) is 2. The van der Waals surface area contributed by atoms with Gasteiger partial charge in [-0.2, -0.15) is 0 Å². The minimum Gasteiger partial charge on any atom is -0.388 e. The highest BCUT2D eigenvalue weighted by Gasteiger charge is 2.25. The molecule has 1 heterocycles. The van der Waals surface area contributed by atoms with Gasteiger partial charge < -0.3 is 10.6 Å². The molecule has 0 aliphatic carbocycles. The van der Waals surface area contributed by atoms with E-state index in [1.54, 1.807) is 0 Å². The average molecular weight is 212 g/mol. The number of likely N-dealkylation sites (N-methyl/N-ethyl adjacent to an activating group) is 1. The van der Waals surface area contributed by atoms with E-state index in [0.717, 1.165) is 26.1 Å². The summed E-state index contributed by atoms with van der Waals surface area (Å²) in [6, 6.07) is 1.07. The summed E-state index contributed by atoms with van der Waals surface area (Å²) in [5.41, 5.74) is 5.48. The van der Waals surface area contributed by atoms with Crippen molar-refractivity contribution < 1.29 is 0 Å². The fraction of sp³-hybridized carbons (Fsp3) is 0.909. The van der Waals surface area contributed by atoms with E-state index in [-0.39, 0.29) is 0 Å². The van der Waals surface area contributed by atoms with Crippen molar-refractivity contribution in [2.45, 2.75) is 38.8 Å². The van der Waals surface area contributed by atoms with E-state index in [1.165, 1.54) is 0 Å². The Kier molecular flexibility index (Phi) is 4.54. The third kappa shape index (κ3) is 3.47. The highest BCUT2D eigenvalue weighted by Crippen LogP contribution is 2.14. The minimum atomic E-state index is 0.313. The lowest BCUT2D eigenvalue weighted by Crippen LogP contribution is -2.53. The number of rotatable bonds is 4. The summed E-state index contributed by atoms with van der Waals surface area (Å²) in [6.07, 6.45) is 1.79. The zero-order valence-electron chi connectivity index (χ0n) is 10.2. The van der Waals surface area contributed by atoms with Gasteiger partial charge in [0.1, 0.15) is 0 Å². The van der Waals surface area contributed by atoms with Gasteiger partial charge in [0.15, 0.2) is 0 Å². The molecule has 1 saturated heterocycles. The van der Waals surface area contributed by atoms with Gasteiger partial charge in [-0.3, -0.25) is 10.3 Å². The lowest BCUT2D eigenvalue weighted by Gasteiger charge is -2.41. The van der Waals surface area contributed by atoms with Crippen LogP contribution in [0.25, 0.3) is 0 Å². The summed E-state index contributed by atoms with van der Waals surface area (Å²) in [5, 5.41) is 7.38. The molecule has 0 aromatic heterocycles. The summed E-state index contributed by atoms with van der Waals surface area (Å²) in [6.45, 7) is 7.76. The molecular formula is C11H24N4. The van der Waals surface area contributed by atoms with E-state index in [1.807, 2.05) is 0 Å². The second-order valence-electron chi connectivity index (χ2n) is 4.62. The molecule has 0 spiro atoms. The average Bonchev–Trinajstić information content (AvgIpc) is 2.18. The van der Waals surface area contributed by atoms with Crippen LogP contribution in [0.4, 0.5) is 0 Å². The van der Waals surface area contributed by atoms with Crippen LogP contribution in [0, 0.1) is 5.41 Å². The fourth-order valence-electron chi connectivity index (χ4n) is 2.19. The molecule has 0 bridgehead atoms. The first-order valence-corrected chi connectivity index (χ1v) is 5.81. The largest absolute Gasteiger partial charge is 0.388 e. The lowest BCUT2D eigenvalue weighted by molar-refractivity contribution is 0.0724. The Morgan fingerprint density at radius 2 is 2.20 bits per heavy atom. The normalized spacial score (nSPS) is 26.5. The van der Waals surface area contributed by atoms with Gasteiger partial charge in [-0.1, -0.05) is 6.92 Å². The summed E-state index contributed by atoms with van der Waals surface area (Å²) in [4.78, 5) is 4.86. The maximum absolute atomic E-state index is 7.38. The van der Waals surface area contributed by atoms with Crippen LogP contribution >= 0.6 is 0 Å². The van der Waals surface area contributed by atoms with Crippen LogP contribution in [0.5, 0.6) is 0 Å². The predicted molar refractivity (Wildman–Crippen MR) is 64.3 cm³/mol. The molecule has 0 aromatic carbocycles. The first-order valence-electron chi connectivity index (χ1n) is 5.81. The van der Waals surface area contributed by atoms with Crippen molar-refractivity contribution in [1.82, 2.24) is 9.80 Å². The maximum atomic E-state index is 7.38. The molecule has 88 valence electrons. The van der Waals surface area contributed by atoms with E-state index >= 15 is 0 Å². The molecule has 2 unspecified atom stereocenters. The molecule has 15 heavy (non-hydrogen) atoms. The second-order valence-corrected chi connectivity index (χ2v) is 4.62. The van der Waals surface area contributed by atoms with Crippen LogP contribution in [0.3, 0.4) is 0 Å². The Hall–Kier alpha value is -0.610. The fourth-order valence-corrected chi connectivity index (χ4v) is 2.19. The van der Waals surface area contributed by atoms with Crippen molar-refractivity contribution in [1.29, 1.82) is 5.41 Å². The highest BCUT2D eigenvalue weighted by molar-refractivity contribution is 5.77. The van der Waals surface area contributed by atoms with Gasteiger partial charge in [0.25, 0.3) is 0 Å². The minimum absolute atomic E-state index is 0.313. The molecule has 1 fully saturated rings. The summed E-state index contributed by atoms with van der Waals surface area (Å²) < 4.78 is 0. The number of piperazine rings is 1. The molecule has 0 amide bonds. The number of hydrogen-bond acceptors (Lipinski definition) is 3. The molecule has 1 aliphatic heterocycles. The number of hydrogen-bond donors (Lipinski definition) is 2. The molecule has 0 saturated carbocycles. The van der Waals surface area contributed by atoms with Crippen LogP contribution in [0.2, 0.25) is 0 Å². The molecule has 1 rings (SSSR count). The van der Waals surface area contributed by atoms with Crippen molar-refractivity contribution in [3.8, 4) is 0 Å². The van der Waals surface area contributed by atoms with Gasteiger partial charge in [-0.25, -0.2) is 0 Å². The Labute approximate surface area is 92.9 Å². The highest BCUT2D eigenvalue weighted by atomic mass is 15.3. The van der Waals surface area contributed by atoms with Crippen molar-refractivity contribution in [2.75, 3.05) is 26.7 Å². The van der Waals surface area contributed by atoms with Gasteiger partial charge in [0.05, 0.1) is 5.84 Å². The zero-order chi connectivity index (χ0) is 11.4. The molecule has 3 N–H and O–H groups in total. The number of amidine groups is 1. The first-order chi connectivity index (χ1) is 7.04. The quantitative estimate of drug-likeness (QED) is 0.533. The second kappa shape index (κ2) is 5.47. The summed E-state index contributed by atoms with van der Waals surface area (Å²) >= 11 is 0. The third-order valence-corrected chi connectivity index (χ3v) is 3.43. The summed E-state index contributed by atoms with van der Waals surface area (Å²) in [5.74, 6) is 0.313. The zero-order valence-corrected chi connectivity index (χ0v) is 10.2. The van der Waals surface area contributed by atoms with Gasteiger partial charge in [-0.15, -0.1) is 0 Å². The van der Waals surface area contributed by atoms with E-state index in [2.05, 4.69) is 30.7 Å². The van der Waals surface area contributed by atoms with E-state index in [9.17, 15) is 0 Å².